The molecule has 6 heteroatoms. The average molecular weight is 378 g/mol. The van der Waals surface area contributed by atoms with E-state index in [-0.39, 0.29) is 18.5 Å². The van der Waals surface area contributed by atoms with Crippen LogP contribution in [0.25, 0.3) is 21.5 Å². The number of carbonyl (C=O) groups is 2. The molecule has 0 aliphatic rings. The molecular weight excluding hydrogens is 356 g/mol. The smallest absolute Gasteiger partial charge is 0.308 e. The molecule has 6 nitrogen and oxygen atoms in total. The van der Waals surface area contributed by atoms with Crippen molar-refractivity contribution >= 4 is 33.4 Å². The van der Waals surface area contributed by atoms with E-state index < -0.39 is 0 Å². The van der Waals surface area contributed by atoms with Crippen molar-refractivity contribution in [2.75, 3.05) is 20.2 Å². The summed E-state index contributed by atoms with van der Waals surface area (Å²) in [5.41, 5.74) is 0. The summed E-state index contributed by atoms with van der Waals surface area (Å²) in [4.78, 5) is 30.0. The lowest BCUT2D eigenvalue weighted by Crippen LogP contribution is -2.27. The van der Waals surface area contributed by atoms with E-state index in [4.69, 9.17) is 9.57 Å². The van der Waals surface area contributed by atoms with Crippen molar-refractivity contribution in [3.8, 4) is 5.75 Å². The first-order valence-corrected chi connectivity index (χ1v) is 8.98. The summed E-state index contributed by atoms with van der Waals surface area (Å²) in [5.74, 6) is 0.0520. The molecule has 0 N–H and O–H groups in total. The predicted molar refractivity (Wildman–Crippen MR) is 108 cm³/mol. The quantitative estimate of drug-likeness (QED) is 0.388. The molecule has 0 aliphatic carbocycles. The second-order valence-electron chi connectivity index (χ2n) is 6.45. The van der Waals surface area contributed by atoms with Gasteiger partial charge in [-0.05, 0) is 11.5 Å². The van der Waals surface area contributed by atoms with Crippen molar-refractivity contribution in [2.45, 2.75) is 13.8 Å². The maximum Gasteiger partial charge on any atom is 0.308 e. The van der Waals surface area contributed by atoms with Crippen LogP contribution < -0.4 is 10.1 Å². The summed E-state index contributed by atoms with van der Waals surface area (Å²) < 4.78 is 5.47. The fraction of sp³-hybridized carbons (Fsp3) is 0.227. The molecule has 3 aromatic rings. The van der Waals surface area contributed by atoms with Crippen LogP contribution in [0, 0.1) is 0 Å². The van der Waals surface area contributed by atoms with Gasteiger partial charge in [-0.2, -0.15) is 0 Å². The van der Waals surface area contributed by atoms with E-state index >= 15 is 0 Å². The summed E-state index contributed by atoms with van der Waals surface area (Å²) in [6, 6.07) is 17.1. The zero-order valence-electron chi connectivity index (χ0n) is 16.1. The Hall–Kier alpha value is -3.41. The Balaban J connectivity index is 2.18. The zero-order valence-corrected chi connectivity index (χ0v) is 16.1. The number of rotatable bonds is 5. The first-order valence-electron chi connectivity index (χ1n) is 8.98. The summed E-state index contributed by atoms with van der Waals surface area (Å²) in [5, 5.41) is 8.34. The number of likely N-dealkylation sites (N-methyl/N-ethyl adjacent to an activating group) is 1. The highest BCUT2D eigenvalue weighted by Gasteiger charge is 2.09. The summed E-state index contributed by atoms with van der Waals surface area (Å²) in [6.45, 7) is 3.59. The molecule has 144 valence electrons. The molecule has 0 aromatic heterocycles. The lowest BCUT2D eigenvalue weighted by Gasteiger charge is -2.12. The summed E-state index contributed by atoms with van der Waals surface area (Å²) in [7, 11) is 1.71. The molecule has 0 fully saturated rings. The van der Waals surface area contributed by atoms with Crippen molar-refractivity contribution in [2.24, 2.45) is 5.16 Å². The molecule has 1 amide bonds. The molecule has 28 heavy (non-hydrogen) atoms. The first-order chi connectivity index (χ1) is 13.5. The monoisotopic (exact) mass is 378 g/mol. The van der Waals surface area contributed by atoms with E-state index in [0.29, 0.717) is 17.7 Å². The van der Waals surface area contributed by atoms with Crippen molar-refractivity contribution in [1.82, 2.24) is 4.90 Å². The molecule has 0 saturated heterocycles. The highest BCUT2D eigenvalue weighted by Crippen LogP contribution is 2.26. The Morgan fingerprint density at radius 1 is 0.964 bits per heavy atom. The van der Waals surface area contributed by atoms with Crippen LogP contribution in [-0.2, 0) is 14.4 Å². The molecule has 0 aliphatic heterocycles. The SMILES string of the molecule is CC(=O)Oc1cc2ccccc2/c(=N/OCCN(C)C(C)=O)c2ccccc12. The minimum atomic E-state index is -0.387. The number of fused-ring (bicyclic) bond motifs is 2. The van der Waals surface area contributed by atoms with Gasteiger partial charge in [0.25, 0.3) is 0 Å². The van der Waals surface area contributed by atoms with Crippen LogP contribution in [0.5, 0.6) is 5.75 Å². The van der Waals surface area contributed by atoms with Crippen LogP contribution in [0.2, 0.25) is 0 Å². The van der Waals surface area contributed by atoms with Crippen molar-refractivity contribution in [3.63, 3.8) is 0 Å². The van der Waals surface area contributed by atoms with E-state index in [9.17, 15) is 9.59 Å². The topological polar surface area (TPSA) is 68.2 Å². The van der Waals surface area contributed by atoms with Gasteiger partial charge in [0.05, 0.1) is 6.54 Å². The summed E-state index contributed by atoms with van der Waals surface area (Å²) >= 11 is 0. The third kappa shape index (κ3) is 4.28. The third-order valence-electron chi connectivity index (χ3n) is 4.42. The molecule has 0 saturated carbocycles. The van der Waals surface area contributed by atoms with Crippen molar-refractivity contribution in [1.29, 1.82) is 0 Å². The van der Waals surface area contributed by atoms with Crippen molar-refractivity contribution in [3.05, 3.63) is 60.0 Å². The lowest BCUT2D eigenvalue weighted by atomic mass is 10.1. The normalized spacial score (nSPS) is 11.5. The first kappa shape index (κ1) is 19.4. The largest absolute Gasteiger partial charge is 0.426 e. The predicted octanol–water partition coefficient (Wildman–Crippen LogP) is 3.23. The number of esters is 1. The van der Waals surface area contributed by atoms with Gasteiger partial charge in [-0.1, -0.05) is 53.7 Å². The molecule has 0 spiro atoms. The lowest BCUT2D eigenvalue weighted by molar-refractivity contribution is -0.132. The van der Waals surface area contributed by atoms with Gasteiger partial charge in [-0.25, -0.2) is 0 Å². The number of carbonyl (C=O) groups excluding carboxylic acids is 2. The van der Waals surface area contributed by atoms with Crippen LogP contribution in [0.1, 0.15) is 13.8 Å². The molecule has 0 bridgehead atoms. The molecule has 0 unspecified atom stereocenters. The van der Waals surface area contributed by atoms with Crippen LogP contribution in [0.4, 0.5) is 0 Å². The van der Waals surface area contributed by atoms with E-state index in [2.05, 4.69) is 5.16 Å². The van der Waals surface area contributed by atoms with Gasteiger partial charge in [0.15, 0.2) is 0 Å². The average Bonchev–Trinajstić information content (AvgIpc) is 2.79. The Labute approximate surface area is 163 Å². The number of ether oxygens (including phenoxy) is 1. The maximum atomic E-state index is 11.6. The van der Waals surface area contributed by atoms with Crippen LogP contribution >= 0.6 is 0 Å². The van der Waals surface area contributed by atoms with Gasteiger partial charge in [0, 0.05) is 37.1 Å². The number of benzene rings is 2. The number of hydrogen-bond acceptors (Lipinski definition) is 5. The standard InChI is InChI=1S/C22H22N2O4/c1-15(25)24(3)12-13-27-23-22-18-9-5-4-8-17(18)14-21(28-16(2)26)19-10-6-7-11-20(19)22/h4-11,14H,12-13H2,1-3H3/b23-22-. The van der Waals surface area contributed by atoms with E-state index in [1.807, 2.05) is 54.6 Å². The minimum absolute atomic E-state index is 0.0309. The number of amides is 1. The highest BCUT2D eigenvalue weighted by molar-refractivity contribution is 5.97. The summed E-state index contributed by atoms with van der Waals surface area (Å²) in [6.07, 6.45) is 0. The fourth-order valence-electron chi connectivity index (χ4n) is 2.89. The third-order valence-corrected chi connectivity index (χ3v) is 4.42. The Morgan fingerprint density at radius 2 is 1.61 bits per heavy atom. The van der Waals surface area contributed by atoms with Gasteiger partial charge in [-0.3, -0.25) is 9.59 Å². The number of hydrogen-bond donors (Lipinski definition) is 0. The minimum Gasteiger partial charge on any atom is -0.426 e. The Morgan fingerprint density at radius 3 is 2.29 bits per heavy atom. The molecular formula is C22H22N2O4. The highest BCUT2D eigenvalue weighted by atomic mass is 16.6. The van der Waals surface area contributed by atoms with Crippen LogP contribution in [-0.4, -0.2) is 37.0 Å². The van der Waals surface area contributed by atoms with Crippen molar-refractivity contribution < 1.29 is 19.2 Å². The van der Waals surface area contributed by atoms with Crippen LogP contribution in [0.15, 0.2) is 59.8 Å². The second kappa shape index (κ2) is 8.52. The van der Waals surface area contributed by atoms with Gasteiger partial charge in [0.2, 0.25) is 5.91 Å². The van der Waals surface area contributed by atoms with Gasteiger partial charge < -0.3 is 14.5 Å². The van der Waals surface area contributed by atoms with E-state index in [0.717, 1.165) is 21.5 Å². The van der Waals surface area contributed by atoms with Gasteiger partial charge in [0.1, 0.15) is 17.7 Å². The van der Waals surface area contributed by atoms with E-state index in [1.54, 1.807) is 11.9 Å². The molecule has 0 atom stereocenters. The fourth-order valence-corrected chi connectivity index (χ4v) is 2.89. The van der Waals surface area contributed by atoms with Gasteiger partial charge in [-0.15, -0.1) is 0 Å². The molecule has 3 rings (SSSR count). The van der Waals surface area contributed by atoms with Crippen LogP contribution in [0.3, 0.4) is 0 Å². The maximum absolute atomic E-state index is 11.6. The second-order valence-corrected chi connectivity index (χ2v) is 6.45. The molecule has 3 aromatic carbocycles. The Kier molecular flexibility index (Phi) is 5.89. The zero-order chi connectivity index (χ0) is 20.1. The molecule has 0 radical (unpaired) electrons. The van der Waals surface area contributed by atoms with E-state index in [1.165, 1.54) is 13.8 Å². The molecule has 0 heterocycles. The Bertz CT molecular complexity index is 1110. The number of nitrogens with zero attached hydrogens (tertiary/aromatic N) is 2. The van der Waals surface area contributed by atoms with Gasteiger partial charge >= 0.3 is 5.97 Å².